The van der Waals surface area contributed by atoms with Gasteiger partial charge in [-0.05, 0) is 61.4 Å². The number of nitrogens with zero attached hydrogens (tertiary/aromatic N) is 1. The second-order valence-corrected chi connectivity index (χ2v) is 7.69. The van der Waals surface area contributed by atoms with E-state index in [0.717, 1.165) is 22.2 Å². The largest absolute Gasteiger partial charge is 0.490 e. The maximum Gasteiger partial charge on any atom is 0.335 e. The Morgan fingerprint density at radius 3 is 2.42 bits per heavy atom. The van der Waals surface area contributed by atoms with Crippen molar-refractivity contribution < 1.29 is 23.9 Å². The zero-order chi connectivity index (χ0) is 22.4. The van der Waals surface area contributed by atoms with Crippen molar-refractivity contribution in [2.75, 3.05) is 18.1 Å². The smallest absolute Gasteiger partial charge is 0.335 e. The number of unbranched alkanes of at least 4 members (excludes halogenated alkanes) is 1. The van der Waals surface area contributed by atoms with E-state index in [4.69, 9.17) is 9.47 Å². The average Bonchev–Trinajstić information content (AvgIpc) is 2.74. The lowest BCUT2D eigenvalue weighted by molar-refractivity contribution is -0.122. The Kier molecular flexibility index (Phi) is 7.46. The Bertz CT molecular complexity index is 1020. The highest BCUT2D eigenvalue weighted by atomic mass is 79.9. The van der Waals surface area contributed by atoms with Crippen LogP contribution in [0.4, 0.5) is 10.5 Å². The van der Waals surface area contributed by atoms with E-state index in [-0.39, 0.29) is 5.57 Å². The van der Waals surface area contributed by atoms with Crippen LogP contribution in [0.25, 0.3) is 6.08 Å². The first-order chi connectivity index (χ1) is 14.9. The lowest BCUT2D eigenvalue weighted by atomic mass is 10.1. The molecule has 2 aromatic rings. The molecular formula is C23H23BrN2O5. The monoisotopic (exact) mass is 486 g/mol. The maximum atomic E-state index is 13.0. The molecule has 3 rings (SSSR count). The van der Waals surface area contributed by atoms with Crippen LogP contribution >= 0.6 is 15.9 Å². The molecule has 0 spiro atoms. The predicted octanol–water partition coefficient (Wildman–Crippen LogP) is 4.69. The van der Waals surface area contributed by atoms with Crippen LogP contribution in [0.2, 0.25) is 0 Å². The van der Waals surface area contributed by atoms with E-state index in [1.165, 1.54) is 6.08 Å². The van der Waals surface area contributed by atoms with E-state index >= 15 is 0 Å². The SMILES string of the molecule is CCCCOc1ccc(/C=C2\C(=O)NC(=O)N(c3ccc(Br)cc3)C2=O)cc1OCC. The third-order valence-electron chi connectivity index (χ3n) is 4.52. The number of ether oxygens (including phenoxy) is 2. The number of carbonyl (C=O) groups excluding carboxylic acids is 3. The molecule has 0 saturated carbocycles. The second kappa shape index (κ2) is 10.3. The highest BCUT2D eigenvalue weighted by Gasteiger charge is 2.36. The number of carbonyl (C=O) groups is 3. The zero-order valence-corrected chi connectivity index (χ0v) is 18.9. The minimum atomic E-state index is -0.788. The van der Waals surface area contributed by atoms with Gasteiger partial charge in [-0.25, -0.2) is 9.69 Å². The van der Waals surface area contributed by atoms with Crippen molar-refractivity contribution in [3.63, 3.8) is 0 Å². The lowest BCUT2D eigenvalue weighted by Gasteiger charge is -2.26. The van der Waals surface area contributed by atoms with Gasteiger partial charge in [0, 0.05) is 4.47 Å². The molecule has 0 radical (unpaired) electrons. The molecule has 2 aromatic carbocycles. The Morgan fingerprint density at radius 2 is 1.74 bits per heavy atom. The normalized spacial score (nSPS) is 15.3. The first kappa shape index (κ1) is 22.6. The van der Waals surface area contributed by atoms with E-state index in [0.29, 0.717) is 36.0 Å². The van der Waals surface area contributed by atoms with Gasteiger partial charge in [0.05, 0.1) is 18.9 Å². The summed E-state index contributed by atoms with van der Waals surface area (Å²) in [6.07, 6.45) is 3.37. The highest BCUT2D eigenvalue weighted by Crippen LogP contribution is 2.30. The Hall–Kier alpha value is -3.13. The fourth-order valence-electron chi connectivity index (χ4n) is 2.98. The molecule has 1 heterocycles. The van der Waals surface area contributed by atoms with Crippen LogP contribution < -0.4 is 19.7 Å². The van der Waals surface area contributed by atoms with Crippen LogP contribution in [0.1, 0.15) is 32.3 Å². The minimum absolute atomic E-state index is 0.149. The number of rotatable bonds is 8. The number of amides is 4. The molecule has 0 atom stereocenters. The van der Waals surface area contributed by atoms with Crippen molar-refractivity contribution in [1.82, 2.24) is 5.32 Å². The topological polar surface area (TPSA) is 84.9 Å². The van der Waals surface area contributed by atoms with E-state index in [2.05, 4.69) is 28.2 Å². The van der Waals surface area contributed by atoms with E-state index in [1.54, 1.807) is 42.5 Å². The maximum absolute atomic E-state index is 13.0. The molecule has 0 aromatic heterocycles. The van der Waals surface area contributed by atoms with Gasteiger partial charge in [-0.15, -0.1) is 0 Å². The van der Waals surface area contributed by atoms with Gasteiger partial charge in [-0.1, -0.05) is 35.3 Å². The molecule has 0 bridgehead atoms. The Labute approximate surface area is 189 Å². The van der Waals surface area contributed by atoms with Crippen molar-refractivity contribution >= 4 is 45.5 Å². The first-order valence-corrected chi connectivity index (χ1v) is 10.8. The summed E-state index contributed by atoms with van der Waals surface area (Å²) < 4.78 is 12.2. The number of imide groups is 2. The molecule has 4 amide bonds. The molecule has 8 heteroatoms. The fraction of sp³-hybridized carbons (Fsp3) is 0.261. The minimum Gasteiger partial charge on any atom is -0.490 e. The summed E-state index contributed by atoms with van der Waals surface area (Å²) >= 11 is 3.32. The molecule has 31 heavy (non-hydrogen) atoms. The number of hydrogen-bond acceptors (Lipinski definition) is 5. The Balaban J connectivity index is 1.92. The van der Waals surface area contributed by atoms with Crippen LogP contribution in [0.3, 0.4) is 0 Å². The number of hydrogen-bond donors (Lipinski definition) is 1. The van der Waals surface area contributed by atoms with E-state index in [1.807, 2.05) is 6.92 Å². The predicted molar refractivity (Wildman–Crippen MR) is 121 cm³/mol. The molecule has 7 nitrogen and oxygen atoms in total. The molecule has 1 fully saturated rings. The second-order valence-electron chi connectivity index (χ2n) is 6.78. The number of nitrogens with one attached hydrogen (secondary N) is 1. The summed E-state index contributed by atoms with van der Waals surface area (Å²) in [6.45, 7) is 4.95. The van der Waals surface area contributed by atoms with E-state index < -0.39 is 17.8 Å². The molecule has 0 unspecified atom stereocenters. The first-order valence-electron chi connectivity index (χ1n) is 10.0. The van der Waals surface area contributed by atoms with Gasteiger partial charge in [-0.2, -0.15) is 0 Å². The summed E-state index contributed by atoms with van der Waals surface area (Å²) in [5.74, 6) is -0.317. The molecule has 1 aliphatic rings. The lowest BCUT2D eigenvalue weighted by Crippen LogP contribution is -2.54. The van der Waals surface area contributed by atoms with Crippen molar-refractivity contribution in [1.29, 1.82) is 0 Å². The third kappa shape index (κ3) is 5.32. The van der Waals surface area contributed by atoms with Crippen LogP contribution in [-0.4, -0.2) is 31.1 Å². The number of anilines is 1. The van der Waals surface area contributed by atoms with Gasteiger partial charge >= 0.3 is 6.03 Å². The molecule has 1 N–H and O–H groups in total. The number of urea groups is 1. The average molecular weight is 487 g/mol. The third-order valence-corrected chi connectivity index (χ3v) is 5.05. The molecule has 0 aliphatic carbocycles. The van der Waals surface area contributed by atoms with Crippen molar-refractivity contribution in [2.45, 2.75) is 26.7 Å². The standard InChI is InChI=1S/C23H23BrN2O5/c1-3-5-12-31-19-11-6-15(14-20(19)30-4-2)13-18-21(27)25-23(29)26(22(18)28)17-9-7-16(24)8-10-17/h6-11,13-14H,3-5,12H2,1-2H3,(H,25,27,29)/b18-13+. The van der Waals surface area contributed by atoms with E-state index in [9.17, 15) is 14.4 Å². The van der Waals surface area contributed by atoms with Gasteiger partial charge in [-0.3, -0.25) is 14.9 Å². The summed E-state index contributed by atoms with van der Waals surface area (Å²) in [7, 11) is 0. The summed E-state index contributed by atoms with van der Waals surface area (Å²) in [6, 6.07) is 11.0. The van der Waals surface area contributed by atoms with Gasteiger partial charge in [0.1, 0.15) is 5.57 Å². The summed E-state index contributed by atoms with van der Waals surface area (Å²) in [5.41, 5.74) is 0.790. The number of barbiturate groups is 1. The van der Waals surface area contributed by atoms with Crippen molar-refractivity contribution in [2.24, 2.45) is 0 Å². The summed E-state index contributed by atoms with van der Waals surface area (Å²) in [4.78, 5) is 38.6. The van der Waals surface area contributed by atoms with Gasteiger partial charge in [0.2, 0.25) is 0 Å². The van der Waals surface area contributed by atoms with Crippen molar-refractivity contribution in [3.05, 3.63) is 58.1 Å². The fourth-order valence-corrected chi connectivity index (χ4v) is 3.24. The highest BCUT2D eigenvalue weighted by molar-refractivity contribution is 9.10. The molecule has 162 valence electrons. The molecule has 1 saturated heterocycles. The van der Waals surface area contributed by atoms with Crippen LogP contribution in [0, 0.1) is 0 Å². The quantitative estimate of drug-likeness (QED) is 0.332. The van der Waals surface area contributed by atoms with Gasteiger partial charge < -0.3 is 9.47 Å². The van der Waals surface area contributed by atoms with Crippen molar-refractivity contribution in [3.8, 4) is 11.5 Å². The van der Waals surface area contributed by atoms with Gasteiger partial charge in [0.25, 0.3) is 11.8 Å². The number of halogens is 1. The zero-order valence-electron chi connectivity index (χ0n) is 17.3. The summed E-state index contributed by atoms with van der Waals surface area (Å²) in [5, 5.41) is 2.22. The van der Waals surface area contributed by atoms with Crippen LogP contribution in [-0.2, 0) is 9.59 Å². The molecular weight excluding hydrogens is 464 g/mol. The van der Waals surface area contributed by atoms with Gasteiger partial charge in [0.15, 0.2) is 11.5 Å². The van der Waals surface area contributed by atoms with Crippen LogP contribution in [0.15, 0.2) is 52.5 Å². The van der Waals surface area contributed by atoms with Crippen LogP contribution in [0.5, 0.6) is 11.5 Å². The Morgan fingerprint density at radius 1 is 1.00 bits per heavy atom. The number of benzene rings is 2. The molecule has 1 aliphatic heterocycles.